The molecule has 24 heavy (non-hydrogen) atoms. The number of benzene rings is 2. The number of fused-ring (bicyclic) bond motifs is 1. The van der Waals surface area contributed by atoms with Gasteiger partial charge in [-0.15, -0.1) is 0 Å². The molecule has 4 heteroatoms. The van der Waals surface area contributed by atoms with Gasteiger partial charge in [0.25, 0.3) is 0 Å². The van der Waals surface area contributed by atoms with Gasteiger partial charge in [-0.25, -0.2) is 0 Å². The van der Waals surface area contributed by atoms with Gasteiger partial charge in [-0.05, 0) is 41.0 Å². The first kappa shape index (κ1) is 14.2. The predicted octanol–water partition coefficient (Wildman–Crippen LogP) is 4.09. The lowest BCUT2D eigenvalue weighted by atomic mass is 10.1. The van der Waals surface area contributed by atoms with E-state index in [0.717, 1.165) is 33.3 Å². The van der Waals surface area contributed by atoms with Crippen LogP contribution in [0.5, 0.6) is 0 Å². The van der Waals surface area contributed by atoms with E-state index in [0.29, 0.717) is 0 Å². The van der Waals surface area contributed by atoms with E-state index in [2.05, 4.69) is 27.3 Å². The zero-order valence-corrected chi connectivity index (χ0v) is 12.9. The van der Waals surface area contributed by atoms with E-state index in [-0.39, 0.29) is 5.56 Å². The van der Waals surface area contributed by atoms with Gasteiger partial charge in [0, 0.05) is 17.6 Å². The lowest BCUT2D eigenvalue weighted by Gasteiger charge is -2.01. The van der Waals surface area contributed by atoms with Crippen molar-refractivity contribution in [3.8, 4) is 11.1 Å². The van der Waals surface area contributed by atoms with Crippen molar-refractivity contribution in [1.82, 2.24) is 15.2 Å². The third-order valence-corrected chi connectivity index (χ3v) is 3.94. The number of pyridine rings is 1. The molecule has 2 heterocycles. The van der Waals surface area contributed by atoms with Gasteiger partial charge in [0.05, 0.1) is 11.2 Å². The fourth-order valence-corrected chi connectivity index (χ4v) is 2.68. The number of aromatic nitrogens is 3. The van der Waals surface area contributed by atoms with Crippen molar-refractivity contribution in [3.63, 3.8) is 0 Å². The van der Waals surface area contributed by atoms with Crippen LogP contribution in [0, 0.1) is 0 Å². The summed E-state index contributed by atoms with van der Waals surface area (Å²) in [5.41, 5.74) is 4.90. The maximum atomic E-state index is 11.2. The number of aromatic amines is 2. The number of nitrogens with zero attached hydrogens (tertiary/aromatic N) is 1. The normalized spacial score (nSPS) is 11.3. The van der Waals surface area contributed by atoms with Crippen molar-refractivity contribution in [2.45, 2.75) is 0 Å². The number of H-pyrrole nitrogens is 2. The predicted molar refractivity (Wildman–Crippen MR) is 97.5 cm³/mol. The molecular formula is C20H15N3O. The van der Waals surface area contributed by atoms with Crippen molar-refractivity contribution in [1.29, 1.82) is 0 Å². The van der Waals surface area contributed by atoms with Gasteiger partial charge in [-0.2, -0.15) is 5.10 Å². The molecule has 0 saturated heterocycles. The lowest BCUT2D eigenvalue weighted by Crippen LogP contribution is -2.01. The highest BCUT2D eigenvalue weighted by Gasteiger charge is 2.05. The van der Waals surface area contributed by atoms with Crippen molar-refractivity contribution in [2.75, 3.05) is 0 Å². The quantitative estimate of drug-likeness (QED) is 0.598. The van der Waals surface area contributed by atoms with Crippen LogP contribution in [-0.4, -0.2) is 15.2 Å². The average Bonchev–Trinajstić information content (AvgIpc) is 3.04. The molecule has 0 radical (unpaired) electrons. The number of hydrogen-bond acceptors (Lipinski definition) is 2. The summed E-state index contributed by atoms with van der Waals surface area (Å²) in [6.07, 6.45) is 5.77. The summed E-state index contributed by atoms with van der Waals surface area (Å²) < 4.78 is 0. The number of hydrogen-bond donors (Lipinski definition) is 2. The first-order valence-electron chi connectivity index (χ1n) is 7.70. The zero-order valence-electron chi connectivity index (χ0n) is 12.9. The van der Waals surface area contributed by atoms with E-state index in [1.807, 2.05) is 54.6 Å². The molecule has 116 valence electrons. The Hall–Kier alpha value is -3.40. The monoisotopic (exact) mass is 313 g/mol. The molecule has 0 aliphatic carbocycles. The van der Waals surface area contributed by atoms with E-state index in [9.17, 15) is 4.79 Å². The summed E-state index contributed by atoms with van der Waals surface area (Å²) in [6, 6.07) is 19.6. The Labute approximate surface area is 138 Å². The molecule has 2 aromatic heterocycles. The molecule has 0 aliphatic rings. The molecule has 4 aromatic rings. The molecule has 0 aliphatic heterocycles. The highest BCUT2D eigenvalue weighted by molar-refractivity contribution is 5.91. The van der Waals surface area contributed by atoms with Crippen LogP contribution in [0.25, 0.3) is 34.2 Å². The van der Waals surface area contributed by atoms with Crippen molar-refractivity contribution < 1.29 is 0 Å². The van der Waals surface area contributed by atoms with Crippen LogP contribution in [0.1, 0.15) is 11.3 Å². The SMILES string of the molecule is O=c1ccc(-c2ccc3c(C=Cc4ccccc4)n[nH]c3c2)c[nH]1. The van der Waals surface area contributed by atoms with Gasteiger partial charge in [-0.1, -0.05) is 42.5 Å². The molecule has 0 saturated carbocycles. The standard InChI is InChI=1S/C20H15N3O/c24-20-11-8-16(13-21-20)15-7-9-17-18(22-23-19(17)12-15)10-6-14-4-2-1-3-5-14/h1-13H,(H,21,24)(H,22,23). The van der Waals surface area contributed by atoms with Crippen molar-refractivity contribution >= 4 is 23.1 Å². The minimum absolute atomic E-state index is 0.102. The van der Waals surface area contributed by atoms with Gasteiger partial charge < -0.3 is 4.98 Å². The van der Waals surface area contributed by atoms with Crippen molar-refractivity contribution in [3.05, 3.63) is 88.5 Å². The molecule has 0 atom stereocenters. The van der Waals surface area contributed by atoms with Gasteiger partial charge in [0.2, 0.25) is 5.56 Å². The summed E-state index contributed by atoms with van der Waals surface area (Å²) in [5.74, 6) is 0. The van der Waals surface area contributed by atoms with Crippen LogP contribution in [0.2, 0.25) is 0 Å². The number of rotatable bonds is 3. The fourth-order valence-electron chi connectivity index (χ4n) is 2.68. The first-order chi connectivity index (χ1) is 11.8. The van der Waals surface area contributed by atoms with Crippen LogP contribution in [-0.2, 0) is 0 Å². The van der Waals surface area contributed by atoms with Crippen molar-refractivity contribution in [2.24, 2.45) is 0 Å². The van der Waals surface area contributed by atoms with Crippen LogP contribution in [0.15, 0.2) is 71.7 Å². The minimum Gasteiger partial charge on any atom is -0.328 e. The van der Waals surface area contributed by atoms with Crippen LogP contribution >= 0.6 is 0 Å². The zero-order chi connectivity index (χ0) is 16.4. The second-order valence-corrected chi connectivity index (χ2v) is 5.55. The summed E-state index contributed by atoms with van der Waals surface area (Å²) in [5, 5.41) is 8.53. The molecule has 2 N–H and O–H groups in total. The van der Waals surface area contributed by atoms with E-state index in [1.165, 1.54) is 6.07 Å². The molecule has 0 amide bonds. The summed E-state index contributed by atoms with van der Waals surface area (Å²) in [6.45, 7) is 0. The molecule has 0 bridgehead atoms. The van der Waals surface area contributed by atoms with Crippen LogP contribution < -0.4 is 5.56 Å². The highest BCUT2D eigenvalue weighted by atomic mass is 16.1. The van der Waals surface area contributed by atoms with Gasteiger partial charge in [0.15, 0.2) is 0 Å². The Balaban J connectivity index is 1.69. The van der Waals surface area contributed by atoms with E-state index in [1.54, 1.807) is 6.20 Å². The summed E-state index contributed by atoms with van der Waals surface area (Å²) in [4.78, 5) is 13.9. The maximum Gasteiger partial charge on any atom is 0.247 e. The molecule has 4 rings (SSSR count). The molecular weight excluding hydrogens is 298 g/mol. The van der Waals surface area contributed by atoms with E-state index in [4.69, 9.17) is 0 Å². The second kappa shape index (κ2) is 6.01. The summed E-state index contributed by atoms with van der Waals surface area (Å²) >= 11 is 0. The van der Waals surface area contributed by atoms with Gasteiger partial charge in [-0.3, -0.25) is 9.89 Å². The largest absolute Gasteiger partial charge is 0.328 e. The molecule has 0 unspecified atom stereocenters. The lowest BCUT2D eigenvalue weighted by molar-refractivity contribution is 1.11. The average molecular weight is 313 g/mol. The maximum absolute atomic E-state index is 11.2. The topological polar surface area (TPSA) is 61.5 Å². The molecule has 2 aromatic carbocycles. The third kappa shape index (κ3) is 2.77. The fraction of sp³-hybridized carbons (Fsp3) is 0. The van der Waals surface area contributed by atoms with E-state index >= 15 is 0 Å². The Bertz CT molecular complexity index is 1050. The van der Waals surface area contributed by atoms with Crippen LogP contribution in [0.4, 0.5) is 0 Å². The second-order valence-electron chi connectivity index (χ2n) is 5.55. The Kier molecular flexibility index (Phi) is 3.56. The van der Waals surface area contributed by atoms with Crippen LogP contribution in [0.3, 0.4) is 0 Å². The number of nitrogens with one attached hydrogen (secondary N) is 2. The molecule has 0 fully saturated rings. The summed E-state index contributed by atoms with van der Waals surface area (Å²) in [7, 11) is 0. The van der Waals surface area contributed by atoms with Gasteiger partial charge in [0.1, 0.15) is 0 Å². The minimum atomic E-state index is -0.102. The van der Waals surface area contributed by atoms with E-state index < -0.39 is 0 Å². The highest BCUT2D eigenvalue weighted by Crippen LogP contribution is 2.25. The third-order valence-electron chi connectivity index (χ3n) is 3.94. The Morgan fingerprint density at radius 1 is 0.875 bits per heavy atom. The molecule has 0 spiro atoms. The molecule has 4 nitrogen and oxygen atoms in total. The first-order valence-corrected chi connectivity index (χ1v) is 7.70. The Morgan fingerprint density at radius 2 is 1.71 bits per heavy atom. The smallest absolute Gasteiger partial charge is 0.247 e. The Morgan fingerprint density at radius 3 is 2.50 bits per heavy atom. The van der Waals surface area contributed by atoms with Gasteiger partial charge >= 0.3 is 0 Å².